The van der Waals surface area contributed by atoms with E-state index in [9.17, 15) is 9.59 Å². The molecule has 0 atom stereocenters. The lowest BCUT2D eigenvalue weighted by atomic mass is 9.96. The maximum absolute atomic E-state index is 13.0. The van der Waals surface area contributed by atoms with Crippen LogP contribution in [0, 0.1) is 12.8 Å². The number of amides is 2. The van der Waals surface area contributed by atoms with E-state index in [-0.39, 0.29) is 17.7 Å². The van der Waals surface area contributed by atoms with Gasteiger partial charge < -0.3 is 15.4 Å². The summed E-state index contributed by atoms with van der Waals surface area (Å²) < 4.78 is 5.64. The van der Waals surface area contributed by atoms with Crippen molar-refractivity contribution in [2.45, 2.75) is 19.8 Å². The summed E-state index contributed by atoms with van der Waals surface area (Å²) in [7, 11) is 1.60. The predicted octanol–water partition coefficient (Wildman–Crippen LogP) is 3.09. The summed E-state index contributed by atoms with van der Waals surface area (Å²) in [6, 6.07) is 8.22. The van der Waals surface area contributed by atoms with E-state index in [1.54, 1.807) is 12.0 Å². The standard InChI is InChI=1S/C23H26N4O3S2/c1-14-3-4-18-16(11-14)12-17(13-19-22(29)27(9-10-30-2)23(31)32-19)21(25-18)26-7-5-15(6-8-26)20(24)28/h3-4,11-13,15H,5-10H2,1-2H3,(H2,24,28)/b19-13-. The van der Waals surface area contributed by atoms with Crippen molar-refractivity contribution >= 4 is 62.9 Å². The first kappa shape index (κ1) is 22.7. The van der Waals surface area contributed by atoms with Gasteiger partial charge in [-0.15, -0.1) is 0 Å². The first-order valence-electron chi connectivity index (χ1n) is 10.6. The van der Waals surface area contributed by atoms with Gasteiger partial charge in [0.05, 0.1) is 23.6 Å². The smallest absolute Gasteiger partial charge is 0.266 e. The van der Waals surface area contributed by atoms with E-state index in [0.717, 1.165) is 27.8 Å². The van der Waals surface area contributed by atoms with Crippen molar-refractivity contribution in [3.8, 4) is 0 Å². The number of piperidine rings is 1. The van der Waals surface area contributed by atoms with Crippen LogP contribution >= 0.6 is 24.0 Å². The molecule has 2 amide bonds. The molecular formula is C23H26N4O3S2. The van der Waals surface area contributed by atoms with Gasteiger partial charge in [0.2, 0.25) is 5.91 Å². The number of hydrogen-bond acceptors (Lipinski definition) is 7. The Balaban J connectivity index is 1.72. The Hall–Kier alpha value is -2.49. The summed E-state index contributed by atoms with van der Waals surface area (Å²) in [5.41, 5.74) is 8.41. The number of benzene rings is 1. The van der Waals surface area contributed by atoms with Crippen molar-refractivity contribution in [3.05, 3.63) is 40.3 Å². The molecule has 2 saturated heterocycles. The molecule has 2 aliphatic heterocycles. The highest BCUT2D eigenvalue weighted by atomic mass is 32.2. The second-order valence-electron chi connectivity index (χ2n) is 8.09. The third-order valence-electron chi connectivity index (χ3n) is 5.85. The molecular weight excluding hydrogens is 444 g/mol. The first-order chi connectivity index (χ1) is 15.4. The van der Waals surface area contributed by atoms with Gasteiger partial charge in [0.25, 0.3) is 5.91 Å². The molecule has 1 aromatic carbocycles. The molecule has 0 spiro atoms. The predicted molar refractivity (Wildman–Crippen MR) is 132 cm³/mol. The monoisotopic (exact) mass is 470 g/mol. The fourth-order valence-corrected chi connectivity index (χ4v) is 5.35. The Morgan fingerprint density at radius 3 is 2.78 bits per heavy atom. The minimum Gasteiger partial charge on any atom is -0.383 e. The van der Waals surface area contributed by atoms with Crippen LogP contribution in [-0.4, -0.2) is 59.4 Å². The topological polar surface area (TPSA) is 88.8 Å². The minimum absolute atomic E-state index is 0.102. The molecule has 3 heterocycles. The van der Waals surface area contributed by atoms with Gasteiger partial charge in [-0.25, -0.2) is 4.98 Å². The average molecular weight is 471 g/mol. The van der Waals surface area contributed by atoms with Crippen molar-refractivity contribution in [3.63, 3.8) is 0 Å². The first-order valence-corrected chi connectivity index (χ1v) is 11.8. The van der Waals surface area contributed by atoms with Crippen LogP contribution in [0.1, 0.15) is 24.0 Å². The lowest BCUT2D eigenvalue weighted by Crippen LogP contribution is -2.39. The maximum atomic E-state index is 13.0. The number of methoxy groups -OCH3 is 1. The summed E-state index contributed by atoms with van der Waals surface area (Å²) >= 11 is 6.72. The van der Waals surface area contributed by atoms with Gasteiger partial charge in [0, 0.05) is 37.1 Å². The van der Waals surface area contributed by atoms with Gasteiger partial charge in [-0.2, -0.15) is 0 Å². The molecule has 0 bridgehead atoms. The lowest BCUT2D eigenvalue weighted by Gasteiger charge is -2.32. The quantitative estimate of drug-likeness (QED) is 0.513. The maximum Gasteiger partial charge on any atom is 0.266 e. The number of carbonyl (C=O) groups is 2. The van der Waals surface area contributed by atoms with Crippen molar-refractivity contribution in [2.75, 3.05) is 38.3 Å². The summed E-state index contributed by atoms with van der Waals surface area (Å²) in [6.45, 7) is 4.28. The molecule has 168 valence electrons. The number of fused-ring (bicyclic) bond motifs is 1. The third-order valence-corrected chi connectivity index (χ3v) is 7.23. The molecule has 32 heavy (non-hydrogen) atoms. The zero-order valence-electron chi connectivity index (χ0n) is 18.2. The number of aromatic nitrogens is 1. The molecule has 0 aliphatic carbocycles. The molecule has 9 heteroatoms. The van der Waals surface area contributed by atoms with Crippen LogP contribution in [0.3, 0.4) is 0 Å². The third kappa shape index (κ3) is 4.65. The number of carbonyl (C=O) groups excluding carboxylic acids is 2. The number of nitrogens with two attached hydrogens (primary N) is 1. The van der Waals surface area contributed by atoms with Gasteiger partial charge in [-0.05, 0) is 44.0 Å². The van der Waals surface area contributed by atoms with Crippen LogP contribution in [0.25, 0.3) is 17.0 Å². The summed E-state index contributed by atoms with van der Waals surface area (Å²) in [5, 5.41) is 1.02. The van der Waals surface area contributed by atoms with Crippen molar-refractivity contribution < 1.29 is 14.3 Å². The molecule has 0 unspecified atom stereocenters. The van der Waals surface area contributed by atoms with E-state index >= 15 is 0 Å². The number of hydrogen-bond donors (Lipinski definition) is 1. The van der Waals surface area contributed by atoms with E-state index in [1.807, 2.05) is 25.1 Å². The van der Waals surface area contributed by atoms with Crippen LogP contribution < -0.4 is 10.6 Å². The van der Waals surface area contributed by atoms with Crippen LogP contribution in [0.5, 0.6) is 0 Å². The molecule has 2 aliphatic rings. The zero-order valence-corrected chi connectivity index (χ0v) is 19.8. The van der Waals surface area contributed by atoms with E-state index < -0.39 is 0 Å². The number of thioether (sulfide) groups is 1. The highest BCUT2D eigenvalue weighted by Gasteiger charge is 2.32. The Morgan fingerprint density at radius 2 is 2.09 bits per heavy atom. The number of thiocarbonyl (C=S) groups is 1. The van der Waals surface area contributed by atoms with Crippen LogP contribution in [-0.2, 0) is 14.3 Å². The summed E-state index contributed by atoms with van der Waals surface area (Å²) in [4.78, 5) is 33.8. The van der Waals surface area contributed by atoms with Crippen LogP contribution in [0.4, 0.5) is 5.82 Å². The van der Waals surface area contributed by atoms with E-state index in [0.29, 0.717) is 48.3 Å². The van der Waals surface area contributed by atoms with Gasteiger partial charge in [-0.1, -0.05) is 35.6 Å². The van der Waals surface area contributed by atoms with Gasteiger partial charge in [-0.3, -0.25) is 14.5 Å². The number of primary amides is 1. The van der Waals surface area contributed by atoms with E-state index in [4.69, 9.17) is 27.7 Å². The van der Waals surface area contributed by atoms with Crippen molar-refractivity contribution in [2.24, 2.45) is 11.7 Å². The number of anilines is 1. The molecule has 0 saturated carbocycles. The van der Waals surface area contributed by atoms with Crippen molar-refractivity contribution in [1.82, 2.24) is 9.88 Å². The number of pyridine rings is 1. The molecule has 4 rings (SSSR count). The highest BCUT2D eigenvalue weighted by Crippen LogP contribution is 2.36. The van der Waals surface area contributed by atoms with E-state index in [1.165, 1.54) is 11.8 Å². The van der Waals surface area contributed by atoms with Crippen LogP contribution in [0.15, 0.2) is 29.2 Å². The second-order valence-corrected chi connectivity index (χ2v) is 9.76. The Bertz CT molecular complexity index is 1110. The Kier molecular flexibility index (Phi) is 6.78. The van der Waals surface area contributed by atoms with Crippen LogP contribution in [0.2, 0.25) is 0 Å². The number of aryl methyl sites for hydroxylation is 1. The number of ether oxygens (including phenoxy) is 1. The zero-order chi connectivity index (χ0) is 22.8. The van der Waals surface area contributed by atoms with Gasteiger partial charge in [0.15, 0.2) is 0 Å². The summed E-state index contributed by atoms with van der Waals surface area (Å²) in [5.74, 6) is 0.354. The molecule has 0 radical (unpaired) electrons. The normalized spacial score (nSPS) is 18.9. The fourth-order valence-electron chi connectivity index (χ4n) is 4.05. The largest absolute Gasteiger partial charge is 0.383 e. The minimum atomic E-state index is -0.244. The Labute approximate surface area is 197 Å². The molecule has 1 aromatic heterocycles. The van der Waals surface area contributed by atoms with Crippen molar-refractivity contribution in [1.29, 1.82) is 0 Å². The molecule has 2 aromatic rings. The number of nitrogens with zero attached hydrogens (tertiary/aromatic N) is 3. The molecule has 2 fully saturated rings. The van der Waals surface area contributed by atoms with Gasteiger partial charge in [0.1, 0.15) is 10.1 Å². The second kappa shape index (κ2) is 9.56. The fraction of sp³-hybridized carbons (Fsp3) is 0.391. The number of rotatable bonds is 6. The lowest BCUT2D eigenvalue weighted by molar-refractivity contribution is -0.123. The average Bonchev–Trinajstić information content (AvgIpc) is 3.04. The summed E-state index contributed by atoms with van der Waals surface area (Å²) in [6.07, 6.45) is 3.28. The van der Waals surface area contributed by atoms with E-state index in [2.05, 4.69) is 17.0 Å². The van der Waals surface area contributed by atoms with Gasteiger partial charge >= 0.3 is 0 Å². The molecule has 7 nitrogen and oxygen atoms in total. The SMILES string of the molecule is COCCN1C(=O)/C(=C/c2cc3cc(C)ccc3nc2N2CCC(C(N)=O)CC2)SC1=S. The molecule has 2 N–H and O–H groups in total. The Morgan fingerprint density at radius 1 is 1.34 bits per heavy atom. The highest BCUT2D eigenvalue weighted by molar-refractivity contribution is 8.26.